The molecule has 0 aliphatic carbocycles. The van der Waals surface area contributed by atoms with Gasteiger partial charge in [-0.15, -0.1) is 0 Å². The van der Waals surface area contributed by atoms with Gasteiger partial charge < -0.3 is 14.2 Å². The van der Waals surface area contributed by atoms with Gasteiger partial charge in [0.15, 0.2) is 0 Å². The predicted molar refractivity (Wildman–Crippen MR) is 107 cm³/mol. The summed E-state index contributed by atoms with van der Waals surface area (Å²) in [6, 6.07) is 0. The summed E-state index contributed by atoms with van der Waals surface area (Å²) in [5.74, 6) is 1.58. The van der Waals surface area contributed by atoms with Crippen LogP contribution in [0.2, 0.25) is 0 Å². The maximum atomic E-state index is 10.7. The van der Waals surface area contributed by atoms with Gasteiger partial charge in [-0.05, 0) is 44.9 Å². The van der Waals surface area contributed by atoms with Crippen molar-refractivity contribution in [3.63, 3.8) is 0 Å². The Labute approximate surface area is 168 Å². The predicted octanol–water partition coefficient (Wildman–Crippen LogP) is 3.69. The van der Waals surface area contributed by atoms with Gasteiger partial charge in [-0.3, -0.25) is 5.21 Å². The number of epoxide rings is 3. The lowest BCUT2D eigenvalue weighted by Crippen LogP contribution is -2.41. The zero-order chi connectivity index (χ0) is 19.7. The maximum absolute atomic E-state index is 10.7. The highest BCUT2D eigenvalue weighted by atomic mass is 16.6. The average Bonchev–Trinajstić information content (AvgIpc) is 3.60. The minimum atomic E-state index is -0.256. The summed E-state index contributed by atoms with van der Waals surface area (Å²) in [5, 5.41) is 12.0. The van der Waals surface area contributed by atoms with Gasteiger partial charge >= 0.3 is 0 Å². The van der Waals surface area contributed by atoms with Crippen molar-refractivity contribution in [2.45, 2.75) is 121 Å². The van der Waals surface area contributed by atoms with E-state index in [9.17, 15) is 5.21 Å². The summed E-state index contributed by atoms with van der Waals surface area (Å²) < 4.78 is 17.0. The number of rotatable bonds is 12. The Kier molecular flexibility index (Phi) is 6.35. The molecular weight excluding hydrogens is 358 g/mol. The van der Waals surface area contributed by atoms with Crippen molar-refractivity contribution in [1.82, 2.24) is 5.06 Å². The van der Waals surface area contributed by atoms with Crippen LogP contribution < -0.4 is 0 Å². The minimum absolute atomic E-state index is 0.256. The number of hydrogen-bond donors (Lipinski definition) is 1. The van der Waals surface area contributed by atoms with Crippen molar-refractivity contribution < 1.29 is 19.4 Å². The number of hydroxylamine groups is 2. The van der Waals surface area contributed by atoms with Crippen molar-refractivity contribution >= 4 is 11.7 Å². The summed E-state index contributed by atoms with van der Waals surface area (Å²) in [6.07, 6.45) is 10.2. The number of hydrogen-bond acceptors (Lipinski definition) is 7. The molecule has 0 aromatic carbocycles. The SMILES string of the molecule is CCC1OC1CCC1=NC(CCC2OC2CC)N(O)C(CCC2OC2CC)=N1. The quantitative estimate of drug-likeness (QED) is 0.511. The van der Waals surface area contributed by atoms with Gasteiger partial charge in [0, 0.05) is 12.8 Å². The Morgan fingerprint density at radius 2 is 1.29 bits per heavy atom. The molecule has 0 aromatic heterocycles. The van der Waals surface area contributed by atoms with Gasteiger partial charge in [-0.1, -0.05) is 20.8 Å². The van der Waals surface area contributed by atoms with E-state index in [0.29, 0.717) is 36.6 Å². The van der Waals surface area contributed by atoms with Crippen LogP contribution in [0.1, 0.15) is 78.6 Å². The molecule has 0 aromatic rings. The van der Waals surface area contributed by atoms with Gasteiger partial charge in [0.25, 0.3) is 0 Å². The second-order valence-corrected chi connectivity index (χ2v) is 8.42. The first kappa shape index (κ1) is 20.3. The fourth-order valence-corrected chi connectivity index (χ4v) is 4.34. The van der Waals surface area contributed by atoms with E-state index in [1.54, 1.807) is 0 Å². The Morgan fingerprint density at radius 3 is 1.82 bits per heavy atom. The van der Waals surface area contributed by atoms with Crippen LogP contribution in [0.15, 0.2) is 9.98 Å². The molecule has 4 aliphatic rings. The molecule has 4 aliphatic heterocycles. The van der Waals surface area contributed by atoms with Crippen molar-refractivity contribution in [2.75, 3.05) is 0 Å². The zero-order valence-electron chi connectivity index (χ0n) is 17.4. The fraction of sp³-hybridized carbons (Fsp3) is 0.905. The molecule has 0 saturated carbocycles. The van der Waals surface area contributed by atoms with Crippen LogP contribution >= 0.6 is 0 Å². The van der Waals surface area contributed by atoms with Crippen molar-refractivity contribution in [3.8, 4) is 0 Å². The molecule has 1 N–H and O–H groups in total. The van der Waals surface area contributed by atoms with Crippen LogP contribution in [0.4, 0.5) is 0 Å². The van der Waals surface area contributed by atoms with E-state index >= 15 is 0 Å². The van der Waals surface area contributed by atoms with Gasteiger partial charge in [-0.2, -0.15) is 0 Å². The standard InChI is InChI=1S/C21H35N3O4/c1-4-13-16(26-13)7-10-19-22-20(11-8-17-14(5-2)27-17)24(25)21(23-19)12-9-18-15(6-3)28-18/h13-18,20,25H,4-12H2,1-3H3. The summed E-state index contributed by atoms with van der Waals surface area (Å²) in [4.78, 5) is 9.44. The van der Waals surface area contributed by atoms with Crippen LogP contribution in [0, 0.1) is 0 Å². The molecule has 158 valence electrons. The number of nitrogens with zero attached hydrogens (tertiary/aromatic N) is 3. The molecule has 7 unspecified atom stereocenters. The van der Waals surface area contributed by atoms with E-state index in [1.807, 2.05) is 0 Å². The molecule has 7 atom stereocenters. The van der Waals surface area contributed by atoms with Gasteiger partial charge in [0.1, 0.15) is 17.8 Å². The highest BCUT2D eigenvalue weighted by Gasteiger charge is 2.40. The Bertz CT molecular complexity index is 610. The van der Waals surface area contributed by atoms with Crippen molar-refractivity contribution in [1.29, 1.82) is 0 Å². The summed E-state index contributed by atoms with van der Waals surface area (Å²) in [7, 11) is 0. The minimum Gasteiger partial charge on any atom is -0.370 e. The molecule has 28 heavy (non-hydrogen) atoms. The first-order chi connectivity index (χ1) is 13.6. The smallest absolute Gasteiger partial charge is 0.149 e. The van der Waals surface area contributed by atoms with Crippen LogP contribution in [-0.2, 0) is 14.2 Å². The number of amidine groups is 2. The van der Waals surface area contributed by atoms with Gasteiger partial charge in [0.05, 0.1) is 36.6 Å². The van der Waals surface area contributed by atoms with Crippen LogP contribution in [0.5, 0.6) is 0 Å². The van der Waals surface area contributed by atoms with E-state index in [-0.39, 0.29) is 6.17 Å². The molecule has 0 amide bonds. The Hall–Kier alpha value is -1.02. The zero-order valence-corrected chi connectivity index (χ0v) is 17.4. The third kappa shape index (κ3) is 4.93. The highest BCUT2D eigenvalue weighted by Crippen LogP contribution is 2.33. The third-order valence-corrected chi connectivity index (χ3v) is 6.39. The largest absolute Gasteiger partial charge is 0.370 e. The molecule has 7 heteroatoms. The molecule has 0 bridgehead atoms. The molecule has 3 saturated heterocycles. The lowest BCUT2D eigenvalue weighted by molar-refractivity contribution is -0.0582. The van der Waals surface area contributed by atoms with Crippen LogP contribution in [-0.4, -0.2) is 64.7 Å². The molecule has 0 spiro atoms. The maximum Gasteiger partial charge on any atom is 0.149 e. The second-order valence-electron chi connectivity index (χ2n) is 8.42. The Balaban J connectivity index is 1.33. The normalized spacial score (nSPS) is 38.9. The topological polar surface area (TPSA) is 85.8 Å². The Morgan fingerprint density at radius 1 is 0.750 bits per heavy atom. The molecule has 7 nitrogen and oxygen atoms in total. The van der Waals surface area contributed by atoms with E-state index in [1.165, 1.54) is 5.06 Å². The average molecular weight is 394 g/mol. The van der Waals surface area contributed by atoms with E-state index in [0.717, 1.165) is 69.5 Å². The molecule has 0 radical (unpaired) electrons. The van der Waals surface area contributed by atoms with Gasteiger partial charge in [0.2, 0.25) is 0 Å². The molecule has 3 fully saturated rings. The summed E-state index contributed by atoms with van der Waals surface area (Å²) in [5.41, 5.74) is 0. The summed E-state index contributed by atoms with van der Waals surface area (Å²) in [6.45, 7) is 6.46. The fourth-order valence-electron chi connectivity index (χ4n) is 4.34. The third-order valence-electron chi connectivity index (χ3n) is 6.39. The van der Waals surface area contributed by atoms with E-state index < -0.39 is 0 Å². The molecule has 4 heterocycles. The summed E-state index contributed by atoms with van der Waals surface area (Å²) >= 11 is 0. The second kappa shape index (κ2) is 8.78. The first-order valence-electron chi connectivity index (χ1n) is 11.2. The lowest BCUT2D eigenvalue weighted by atomic mass is 10.1. The van der Waals surface area contributed by atoms with Crippen LogP contribution in [0.25, 0.3) is 0 Å². The van der Waals surface area contributed by atoms with E-state index in [2.05, 4.69) is 25.8 Å². The monoisotopic (exact) mass is 393 g/mol. The van der Waals surface area contributed by atoms with Crippen molar-refractivity contribution in [3.05, 3.63) is 0 Å². The number of aliphatic imine (C=N–C) groups is 2. The molecular formula is C21H35N3O4. The van der Waals surface area contributed by atoms with Crippen molar-refractivity contribution in [2.24, 2.45) is 9.98 Å². The lowest BCUT2D eigenvalue weighted by Gasteiger charge is -2.29. The van der Waals surface area contributed by atoms with Gasteiger partial charge in [-0.25, -0.2) is 15.0 Å². The first-order valence-corrected chi connectivity index (χ1v) is 11.2. The number of ether oxygens (including phenoxy) is 3. The van der Waals surface area contributed by atoms with E-state index in [4.69, 9.17) is 19.2 Å². The molecule has 4 rings (SSSR count). The van der Waals surface area contributed by atoms with Crippen LogP contribution in [0.3, 0.4) is 0 Å². The highest BCUT2D eigenvalue weighted by molar-refractivity contribution is 5.98.